The van der Waals surface area contributed by atoms with Crippen LogP contribution < -0.4 is 0 Å². The summed E-state index contributed by atoms with van der Waals surface area (Å²) in [5, 5.41) is 8.81. The predicted molar refractivity (Wildman–Crippen MR) is 66.2 cm³/mol. The van der Waals surface area contributed by atoms with E-state index in [9.17, 15) is 0 Å². The minimum absolute atomic E-state index is 0.0618. The van der Waals surface area contributed by atoms with Crippen LogP contribution in [0.15, 0.2) is 0 Å². The number of likely N-dealkylation sites (N-methyl/N-ethyl adjacent to an activating group) is 2. The van der Waals surface area contributed by atoms with E-state index in [0.29, 0.717) is 0 Å². The maximum absolute atomic E-state index is 8.81. The van der Waals surface area contributed by atoms with E-state index in [0.717, 1.165) is 26.3 Å². The monoisotopic (exact) mass is 227 g/mol. The van der Waals surface area contributed by atoms with Gasteiger partial charge in [0, 0.05) is 19.1 Å². The first kappa shape index (κ1) is 15.4. The van der Waals surface area contributed by atoms with Crippen molar-refractivity contribution < 1.29 is 4.74 Å². The van der Waals surface area contributed by atoms with Crippen molar-refractivity contribution in [2.45, 2.75) is 19.9 Å². The fraction of sp³-hybridized carbons (Fsp3) is 0.917. The molecule has 0 saturated carbocycles. The van der Waals surface area contributed by atoms with Crippen LogP contribution in [0.3, 0.4) is 0 Å². The molecular formula is C12H25N3O. The number of nitriles is 1. The summed E-state index contributed by atoms with van der Waals surface area (Å²) in [4.78, 5) is 4.27. The quantitative estimate of drug-likeness (QED) is 0.581. The highest BCUT2D eigenvalue weighted by Gasteiger charge is 2.15. The maximum Gasteiger partial charge on any atom is 0.0669 e. The van der Waals surface area contributed by atoms with Crippen molar-refractivity contribution in [3.8, 4) is 6.07 Å². The van der Waals surface area contributed by atoms with Crippen LogP contribution in [-0.4, -0.2) is 63.3 Å². The molecule has 0 aromatic rings. The van der Waals surface area contributed by atoms with Crippen LogP contribution in [0.4, 0.5) is 0 Å². The molecule has 0 aliphatic heterocycles. The number of hydrogen-bond donors (Lipinski definition) is 0. The van der Waals surface area contributed by atoms with Crippen LogP contribution in [0.5, 0.6) is 0 Å². The predicted octanol–water partition coefficient (Wildman–Crippen LogP) is 1.04. The van der Waals surface area contributed by atoms with Crippen molar-refractivity contribution in [2.75, 3.05) is 47.4 Å². The Labute approximate surface area is 99.8 Å². The van der Waals surface area contributed by atoms with Gasteiger partial charge in [0.15, 0.2) is 0 Å². The molecular weight excluding hydrogens is 202 g/mol. The van der Waals surface area contributed by atoms with E-state index < -0.39 is 0 Å². The van der Waals surface area contributed by atoms with Gasteiger partial charge in [0.2, 0.25) is 0 Å². The Morgan fingerprint density at radius 1 is 1.12 bits per heavy atom. The molecule has 0 amide bonds. The normalized spacial score (nSPS) is 15.1. The van der Waals surface area contributed by atoms with Crippen molar-refractivity contribution in [3.05, 3.63) is 0 Å². The van der Waals surface area contributed by atoms with E-state index in [2.05, 4.69) is 22.8 Å². The third kappa shape index (κ3) is 6.78. The van der Waals surface area contributed by atoms with Crippen LogP contribution in [0.2, 0.25) is 0 Å². The Morgan fingerprint density at radius 3 is 2.19 bits per heavy atom. The summed E-state index contributed by atoms with van der Waals surface area (Å²) in [6.07, 6.45) is 0. The molecule has 0 heterocycles. The molecule has 0 aliphatic rings. The third-order valence-corrected chi connectivity index (χ3v) is 2.89. The molecule has 0 bridgehead atoms. The van der Waals surface area contributed by atoms with E-state index in [1.165, 1.54) is 0 Å². The summed E-state index contributed by atoms with van der Waals surface area (Å²) in [7, 11) is 6.10. The van der Waals surface area contributed by atoms with Crippen LogP contribution in [0.1, 0.15) is 13.8 Å². The van der Waals surface area contributed by atoms with Gasteiger partial charge in [-0.25, -0.2) is 0 Å². The molecule has 0 N–H and O–H groups in total. The van der Waals surface area contributed by atoms with Gasteiger partial charge in [0.05, 0.1) is 25.2 Å². The third-order valence-electron chi connectivity index (χ3n) is 2.89. The fourth-order valence-corrected chi connectivity index (χ4v) is 1.25. The van der Waals surface area contributed by atoms with E-state index in [1.807, 2.05) is 28.1 Å². The fourth-order valence-electron chi connectivity index (χ4n) is 1.25. The summed E-state index contributed by atoms with van der Waals surface area (Å²) >= 11 is 0. The Hall–Kier alpha value is -0.630. The second-order valence-electron chi connectivity index (χ2n) is 4.55. The molecule has 16 heavy (non-hydrogen) atoms. The zero-order valence-electron chi connectivity index (χ0n) is 11.2. The van der Waals surface area contributed by atoms with Crippen LogP contribution >= 0.6 is 0 Å². The second kappa shape index (κ2) is 8.51. The average molecular weight is 227 g/mol. The first-order chi connectivity index (χ1) is 7.49. The van der Waals surface area contributed by atoms with Crippen LogP contribution in [-0.2, 0) is 4.74 Å². The molecule has 0 spiro atoms. The molecule has 4 nitrogen and oxygen atoms in total. The largest absolute Gasteiger partial charge is 0.379 e. The second-order valence-corrected chi connectivity index (χ2v) is 4.55. The van der Waals surface area contributed by atoms with Gasteiger partial charge in [-0.05, 0) is 35.0 Å². The molecule has 94 valence electrons. The number of hydrogen-bond acceptors (Lipinski definition) is 4. The first-order valence-electron chi connectivity index (χ1n) is 5.81. The Kier molecular flexibility index (Phi) is 8.18. The lowest BCUT2D eigenvalue weighted by Crippen LogP contribution is -2.36. The minimum atomic E-state index is 0.0618. The number of ether oxygens (including phenoxy) is 1. The van der Waals surface area contributed by atoms with E-state index >= 15 is 0 Å². The van der Waals surface area contributed by atoms with Crippen molar-refractivity contribution in [2.24, 2.45) is 5.92 Å². The highest BCUT2D eigenvalue weighted by atomic mass is 16.5. The molecule has 0 aliphatic carbocycles. The highest BCUT2D eigenvalue weighted by Crippen LogP contribution is 2.07. The highest BCUT2D eigenvalue weighted by molar-refractivity contribution is 4.86. The van der Waals surface area contributed by atoms with E-state index in [4.69, 9.17) is 10.00 Å². The standard InChI is InChI=1S/C12H25N3O/c1-11(10-13)12(2)15(5)7-9-16-8-6-14(3)4/h11-12H,6-9H2,1-5H3. The van der Waals surface area contributed by atoms with Gasteiger partial charge in [-0.15, -0.1) is 0 Å². The topological polar surface area (TPSA) is 39.5 Å². The Morgan fingerprint density at radius 2 is 1.69 bits per heavy atom. The maximum atomic E-state index is 8.81. The molecule has 0 fully saturated rings. The molecule has 2 atom stereocenters. The van der Waals surface area contributed by atoms with Gasteiger partial charge in [-0.3, -0.25) is 0 Å². The Bertz CT molecular complexity index is 213. The van der Waals surface area contributed by atoms with Gasteiger partial charge >= 0.3 is 0 Å². The number of nitrogens with zero attached hydrogens (tertiary/aromatic N) is 3. The molecule has 0 rings (SSSR count). The van der Waals surface area contributed by atoms with Crippen molar-refractivity contribution in [1.29, 1.82) is 5.26 Å². The lowest BCUT2D eigenvalue weighted by Gasteiger charge is -2.26. The van der Waals surface area contributed by atoms with E-state index in [-0.39, 0.29) is 12.0 Å². The van der Waals surface area contributed by atoms with Crippen molar-refractivity contribution in [1.82, 2.24) is 9.80 Å². The molecule has 2 unspecified atom stereocenters. The first-order valence-corrected chi connectivity index (χ1v) is 5.81. The summed E-state index contributed by atoms with van der Waals surface area (Å²) in [5.41, 5.74) is 0. The van der Waals surface area contributed by atoms with Gasteiger partial charge in [-0.2, -0.15) is 5.26 Å². The summed E-state index contributed by atoms with van der Waals surface area (Å²) < 4.78 is 5.51. The number of rotatable bonds is 8. The molecule has 0 radical (unpaired) electrons. The minimum Gasteiger partial charge on any atom is -0.379 e. The molecule has 0 aromatic heterocycles. The van der Waals surface area contributed by atoms with E-state index in [1.54, 1.807) is 0 Å². The zero-order chi connectivity index (χ0) is 12.6. The van der Waals surface area contributed by atoms with Crippen LogP contribution in [0.25, 0.3) is 0 Å². The van der Waals surface area contributed by atoms with Gasteiger partial charge < -0.3 is 14.5 Å². The Balaban J connectivity index is 3.58. The zero-order valence-corrected chi connectivity index (χ0v) is 11.2. The smallest absolute Gasteiger partial charge is 0.0669 e. The summed E-state index contributed by atoms with van der Waals surface area (Å²) in [5.74, 6) is 0.0618. The van der Waals surface area contributed by atoms with Gasteiger partial charge in [-0.1, -0.05) is 0 Å². The summed E-state index contributed by atoms with van der Waals surface area (Å²) in [6, 6.07) is 2.55. The van der Waals surface area contributed by atoms with Gasteiger partial charge in [0.25, 0.3) is 0 Å². The van der Waals surface area contributed by atoms with Crippen molar-refractivity contribution >= 4 is 0 Å². The average Bonchev–Trinajstić information content (AvgIpc) is 2.25. The summed E-state index contributed by atoms with van der Waals surface area (Å²) in [6.45, 7) is 7.35. The lowest BCUT2D eigenvalue weighted by molar-refractivity contribution is 0.0857. The van der Waals surface area contributed by atoms with Crippen molar-refractivity contribution in [3.63, 3.8) is 0 Å². The lowest BCUT2D eigenvalue weighted by atomic mass is 10.0. The van der Waals surface area contributed by atoms with Gasteiger partial charge in [0.1, 0.15) is 0 Å². The van der Waals surface area contributed by atoms with Crippen LogP contribution in [0, 0.1) is 17.2 Å². The molecule has 0 aromatic carbocycles. The molecule has 0 saturated heterocycles. The SMILES string of the molecule is CC(C#N)C(C)N(C)CCOCCN(C)C. The molecule has 4 heteroatoms.